The molecular weight excluding hydrogens is 317 g/mol. The Morgan fingerprint density at radius 1 is 1.00 bits per heavy atom. The fourth-order valence-corrected chi connectivity index (χ4v) is 2.51. The predicted molar refractivity (Wildman–Crippen MR) is 76.0 cm³/mol. The fourth-order valence-electron chi connectivity index (χ4n) is 1.88. The molecule has 0 saturated carbocycles. The van der Waals surface area contributed by atoms with Crippen LogP contribution in [0.15, 0.2) is 53.4 Å². The first-order valence-corrected chi connectivity index (χ1v) is 8.02. The zero-order chi connectivity index (χ0) is 17.5. The Balaban J connectivity index is 2.34. The summed E-state index contributed by atoms with van der Waals surface area (Å²) in [5.74, 6) is 0. The normalized spacial score (nSPS) is 16.0. The molecule has 0 saturated heterocycles. The Morgan fingerprint density at radius 3 is 1.77 bits per heavy atom. The summed E-state index contributed by atoms with van der Waals surface area (Å²) in [5, 5.41) is 9.28. The van der Waals surface area contributed by atoms with E-state index in [0.29, 0.717) is 11.1 Å². The highest BCUT2D eigenvalue weighted by Gasteiger charge is 2.39. The molecule has 0 spiro atoms. The van der Waals surface area contributed by atoms with Gasteiger partial charge in [0.25, 0.3) is 0 Å². The van der Waals surface area contributed by atoms with Gasteiger partial charge in [0.1, 0.15) is 0 Å². The van der Waals surface area contributed by atoms with E-state index in [1.807, 2.05) is 0 Å². The van der Waals surface area contributed by atoms with E-state index in [-0.39, 0.29) is 4.90 Å². The van der Waals surface area contributed by atoms with Gasteiger partial charge in [-0.3, -0.25) is 0 Å². The molecule has 0 radical (unpaired) electrons. The van der Waals surface area contributed by atoms with Crippen LogP contribution in [0.4, 0.5) is 13.2 Å². The lowest BCUT2D eigenvalue weighted by Gasteiger charge is -2.15. The lowest BCUT2D eigenvalue weighted by molar-refractivity contribution is -0.206. The van der Waals surface area contributed by atoms with Crippen molar-refractivity contribution in [2.75, 3.05) is 6.26 Å². The van der Waals surface area contributed by atoms with Crippen LogP contribution >= 0.6 is 0 Å². The molecule has 2 aromatic carbocycles. The van der Waals surface area contributed by atoms with Crippen molar-refractivity contribution in [1.29, 1.82) is 0 Å². The van der Waals surface area contributed by atoms with Crippen LogP contribution in [-0.2, 0) is 9.84 Å². The third kappa shape index (κ3) is 3.66. The second-order valence-electron chi connectivity index (χ2n) is 4.72. The summed E-state index contributed by atoms with van der Waals surface area (Å²) >= 11 is 0. The molecule has 0 aliphatic carbocycles. The third-order valence-corrected chi connectivity index (χ3v) is 4.17. The molecule has 0 amide bonds. The van der Waals surface area contributed by atoms with Crippen LogP contribution in [0.25, 0.3) is 11.1 Å². The average Bonchev–Trinajstić information content (AvgIpc) is 2.45. The van der Waals surface area contributed by atoms with Gasteiger partial charge < -0.3 is 5.11 Å². The summed E-state index contributed by atoms with van der Waals surface area (Å²) in [5.41, 5.74) is 0.540. The number of aliphatic hydroxyl groups is 1. The number of hydrogen-bond acceptors (Lipinski definition) is 3. The van der Waals surface area contributed by atoms with Crippen LogP contribution in [0, 0.1) is 0 Å². The third-order valence-electron chi connectivity index (χ3n) is 3.04. The average molecular weight is 331 g/mol. The van der Waals surface area contributed by atoms with Crippen molar-refractivity contribution >= 4 is 9.84 Å². The van der Waals surface area contributed by atoms with E-state index in [1.165, 1.54) is 36.4 Å². The van der Waals surface area contributed by atoms with E-state index in [1.54, 1.807) is 0 Å². The van der Waals surface area contributed by atoms with Crippen molar-refractivity contribution in [3.8, 4) is 11.1 Å². The first-order chi connectivity index (χ1) is 10.4. The van der Waals surface area contributed by atoms with Crippen molar-refractivity contribution in [2.24, 2.45) is 0 Å². The van der Waals surface area contributed by atoms with E-state index in [9.17, 15) is 26.7 Å². The highest BCUT2D eigenvalue weighted by atomic mass is 32.2. The first kappa shape index (κ1) is 15.1. The predicted octanol–water partition coefficient (Wildman–Crippen LogP) is 3.35. The number of halogens is 3. The van der Waals surface area contributed by atoms with Crippen LogP contribution in [0.5, 0.6) is 0 Å². The van der Waals surface area contributed by atoms with Crippen molar-refractivity contribution in [3.05, 3.63) is 54.1 Å². The zero-order valence-corrected chi connectivity index (χ0v) is 12.2. The molecule has 1 atom stereocenters. The lowest BCUT2D eigenvalue weighted by Crippen LogP contribution is -2.19. The number of sulfone groups is 1. The number of hydrogen-bond donors (Lipinski definition) is 1. The van der Waals surface area contributed by atoms with Gasteiger partial charge in [0, 0.05) is 6.26 Å². The molecule has 0 aliphatic rings. The Hall–Kier alpha value is -1.86. The molecule has 0 fully saturated rings. The SMILES string of the molecule is [2H]C(O)(c1ccc(-c2ccc(S(C)(=O)=O)cc2)cc1)C(F)(F)F. The molecule has 0 heterocycles. The Morgan fingerprint density at radius 2 is 1.41 bits per heavy atom. The second kappa shape index (κ2) is 5.73. The molecule has 1 N–H and O–H groups in total. The van der Waals surface area contributed by atoms with E-state index in [0.717, 1.165) is 18.4 Å². The van der Waals surface area contributed by atoms with Gasteiger partial charge in [-0.15, -0.1) is 0 Å². The molecule has 3 nitrogen and oxygen atoms in total. The molecular formula is C15H13F3O3S. The van der Waals surface area contributed by atoms with Gasteiger partial charge in [-0.2, -0.15) is 13.2 Å². The number of rotatable bonds is 3. The van der Waals surface area contributed by atoms with Gasteiger partial charge in [0.15, 0.2) is 15.9 Å². The molecule has 2 aromatic rings. The summed E-state index contributed by atoms with van der Waals surface area (Å²) in [7, 11) is -3.33. The van der Waals surface area contributed by atoms with Crippen molar-refractivity contribution < 1.29 is 28.1 Å². The van der Waals surface area contributed by atoms with Crippen LogP contribution in [-0.4, -0.2) is 26.0 Å². The Kier molecular flexibility index (Phi) is 3.92. The van der Waals surface area contributed by atoms with E-state index < -0.39 is 27.7 Å². The summed E-state index contributed by atoms with van der Waals surface area (Å²) < 4.78 is 67.6. The van der Waals surface area contributed by atoms with Crippen molar-refractivity contribution in [3.63, 3.8) is 0 Å². The molecule has 0 bridgehead atoms. The molecule has 7 heteroatoms. The minimum atomic E-state index is -5.11. The van der Waals surface area contributed by atoms with Gasteiger partial charge in [-0.25, -0.2) is 8.42 Å². The van der Waals surface area contributed by atoms with Crippen LogP contribution < -0.4 is 0 Å². The Bertz CT molecular complexity index is 795. The number of alkyl halides is 3. The maximum atomic E-state index is 12.6. The highest BCUT2D eigenvalue weighted by molar-refractivity contribution is 7.90. The van der Waals surface area contributed by atoms with Crippen LogP contribution in [0.3, 0.4) is 0 Å². The molecule has 22 heavy (non-hydrogen) atoms. The van der Waals surface area contributed by atoms with Gasteiger partial charge >= 0.3 is 6.18 Å². The monoisotopic (exact) mass is 331 g/mol. The van der Waals surface area contributed by atoms with E-state index >= 15 is 0 Å². The highest BCUT2D eigenvalue weighted by Crippen LogP contribution is 2.33. The molecule has 118 valence electrons. The summed E-state index contributed by atoms with van der Waals surface area (Å²) in [6.45, 7) is 0. The molecule has 1 unspecified atom stereocenters. The largest absolute Gasteiger partial charge is 0.418 e. The lowest BCUT2D eigenvalue weighted by atomic mass is 10.0. The standard InChI is InChI=1S/C15H13F3O3S/c1-22(20,21)13-8-6-11(7-9-13)10-2-4-12(5-3-10)14(19)15(16,17)18/h2-9,14,19H,1H3/i14D. The summed E-state index contributed by atoms with van der Waals surface area (Å²) in [4.78, 5) is 0.135. The van der Waals surface area contributed by atoms with Crippen LogP contribution in [0.2, 0.25) is 0 Å². The summed E-state index contributed by atoms with van der Waals surface area (Å²) in [6, 6.07) is 10.5. The molecule has 2 rings (SSSR count). The van der Waals surface area contributed by atoms with E-state index in [2.05, 4.69) is 0 Å². The van der Waals surface area contributed by atoms with Gasteiger partial charge in [0.05, 0.1) is 6.27 Å². The smallest absolute Gasteiger partial charge is 0.379 e. The van der Waals surface area contributed by atoms with Gasteiger partial charge in [-0.05, 0) is 28.8 Å². The second-order valence-corrected chi connectivity index (χ2v) is 6.74. The topological polar surface area (TPSA) is 54.4 Å². The Labute approximate surface area is 127 Å². The zero-order valence-electron chi connectivity index (χ0n) is 12.4. The van der Waals surface area contributed by atoms with Crippen molar-refractivity contribution in [1.82, 2.24) is 0 Å². The minimum absolute atomic E-state index is 0.135. The fraction of sp³-hybridized carbons (Fsp3) is 0.200. The first-order valence-electron chi connectivity index (χ1n) is 6.63. The van der Waals surface area contributed by atoms with Gasteiger partial charge in [0.2, 0.25) is 0 Å². The summed E-state index contributed by atoms with van der Waals surface area (Å²) in [6.07, 6.45) is -7.71. The van der Waals surface area contributed by atoms with E-state index in [4.69, 9.17) is 1.37 Å². The molecule has 0 aromatic heterocycles. The maximum Gasteiger partial charge on any atom is 0.418 e. The maximum absolute atomic E-state index is 12.6. The quantitative estimate of drug-likeness (QED) is 0.938. The van der Waals surface area contributed by atoms with Gasteiger partial charge in [-0.1, -0.05) is 36.4 Å². The van der Waals surface area contributed by atoms with Crippen LogP contribution in [0.1, 0.15) is 13.0 Å². The molecule has 0 aliphatic heterocycles. The minimum Gasteiger partial charge on any atom is -0.379 e. The number of benzene rings is 2. The van der Waals surface area contributed by atoms with Crippen molar-refractivity contribution in [2.45, 2.75) is 17.2 Å².